The van der Waals surface area contributed by atoms with E-state index in [1.54, 1.807) is 11.0 Å². The highest BCUT2D eigenvalue weighted by molar-refractivity contribution is 5.94. The van der Waals surface area contributed by atoms with Crippen LogP contribution in [0.2, 0.25) is 0 Å². The normalized spacial score (nSPS) is 20.6. The average molecular weight is 322 g/mol. The van der Waals surface area contributed by atoms with Crippen LogP contribution in [0.5, 0.6) is 0 Å². The van der Waals surface area contributed by atoms with Crippen LogP contribution in [0.3, 0.4) is 0 Å². The van der Waals surface area contributed by atoms with Gasteiger partial charge in [0, 0.05) is 30.1 Å². The molecule has 1 N–H and O–H groups in total. The maximum atomic E-state index is 12.4. The molecule has 5 heteroatoms. The quantitative estimate of drug-likeness (QED) is 0.804. The van der Waals surface area contributed by atoms with E-state index in [2.05, 4.69) is 4.98 Å². The Morgan fingerprint density at radius 1 is 1.21 bits per heavy atom. The minimum absolute atomic E-state index is 0.00508. The van der Waals surface area contributed by atoms with Crippen LogP contribution in [0, 0.1) is 5.92 Å². The summed E-state index contributed by atoms with van der Waals surface area (Å²) < 4.78 is 4.97. The third kappa shape index (κ3) is 2.78. The van der Waals surface area contributed by atoms with Gasteiger partial charge in [-0.25, -0.2) is 0 Å². The molecule has 2 atom stereocenters. The van der Waals surface area contributed by atoms with Crippen molar-refractivity contribution in [2.24, 2.45) is 5.92 Å². The summed E-state index contributed by atoms with van der Waals surface area (Å²) in [6.07, 6.45) is 3.04. The lowest BCUT2D eigenvalue weighted by Gasteiger charge is -2.15. The Balaban J connectivity index is 1.49. The van der Waals surface area contributed by atoms with Crippen molar-refractivity contribution in [2.45, 2.75) is 12.5 Å². The molecule has 3 aromatic rings. The van der Waals surface area contributed by atoms with Crippen molar-refractivity contribution in [3.05, 3.63) is 66.2 Å². The van der Waals surface area contributed by atoms with E-state index in [0.29, 0.717) is 25.1 Å². The van der Waals surface area contributed by atoms with Gasteiger partial charge in [0.05, 0.1) is 23.4 Å². The van der Waals surface area contributed by atoms with Crippen LogP contribution in [-0.4, -0.2) is 40.1 Å². The summed E-state index contributed by atoms with van der Waals surface area (Å²) in [5.41, 5.74) is 2.41. The molecule has 122 valence electrons. The number of aliphatic hydroxyl groups is 1. The summed E-state index contributed by atoms with van der Waals surface area (Å²) in [4.78, 5) is 18.7. The summed E-state index contributed by atoms with van der Waals surface area (Å²) in [6.45, 7) is 0.877. The number of rotatable bonds is 3. The number of hydrogen-bond acceptors (Lipinski definition) is 4. The van der Waals surface area contributed by atoms with E-state index in [1.165, 1.54) is 12.5 Å². The first-order valence-corrected chi connectivity index (χ1v) is 8.05. The highest BCUT2D eigenvalue weighted by Crippen LogP contribution is 2.23. The Labute approximate surface area is 139 Å². The molecule has 2 aromatic heterocycles. The molecule has 24 heavy (non-hydrogen) atoms. The van der Waals surface area contributed by atoms with E-state index in [9.17, 15) is 9.90 Å². The average Bonchev–Trinajstić information content (AvgIpc) is 3.25. The van der Waals surface area contributed by atoms with Crippen molar-refractivity contribution in [1.29, 1.82) is 0 Å². The number of amides is 1. The molecule has 1 aliphatic rings. The minimum atomic E-state index is -0.533. The van der Waals surface area contributed by atoms with Crippen molar-refractivity contribution in [3.63, 3.8) is 0 Å². The first kappa shape index (κ1) is 14.9. The van der Waals surface area contributed by atoms with Gasteiger partial charge in [0.15, 0.2) is 0 Å². The molecule has 0 spiro atoms. The third-order valence-corrected chi connectivity index (χ3v) is 4.59. The van der Waals surface area contributed by atoms with Crippen molar-refractivity contribution in [1.82, 2.24) is 9.88 Å². The van der Waals surface area contributed by atoms with Crippen LogP contribution in [0.25, 0.3) is 10.9 Å². The number of hydrogen-bond donors (Lipinski definition) is 1. The molecule has 0 radical (unpaired) electrons. The van der Waals surface area contributed by atoms with Crippen molar-refractivity contribution >= 4 is 16.8 Å². The molecule has 0 aliphatic carbocycles. The summed E-state index contributed by atoms with van der Waals surface area (Å²) in [7, 11) is 0. The standard InChI is InChI=1S/C19H18N2O3/c22-18-11-21(19(23)14-7-8-24-12-14)10-15(18)9-16-6-5-13-3-1-2-4-17(13)20-16/h1-8,12,15,18,22H,9-11H2/t15-,18-/m1/s1. The van der Waals surface area contributed by atoms with Gasteiger partial charge in [-0.05, 0) is 24.6 Å². The summed E-state index contributed by atoms with van der Waals surface area (Å²) in [6, 6.07) is 13.7. The number of carbonyl (C=O) groups excluding carboxylic acids is 1. The van der Waals surface area contributed by atoms with E-state index in [1.807, 2.05) is 36.4 Å². The maximum absolute atomic E-state index is 12.4. The van der Waals surface area contributed by atoms with Gasteiger partial charge in [-0.3, -0.25) is 9.78 Å². The van der Waals surface area contributed by atoms with Gasteiger partial charge in [-0.1, -0.05) is 24.3 Å². The van der Waals surface area contributed by atoms with Crippen molar-refractivity contribution in [2.75, 3.05) is 13.1 Å². The number of benzene rings is 1. The molecular formula is C19H18N2O3. The zero-order chi connectivity index (χ0) is 16.5. The monoisotopic (exact) mass is 322 g/mol. The number of carbonyl (C=O) groups is 1. The molecule has 5 nitrogen and oxygen atoms in total. The number of aromatic nitrogens is 1. The fourth-order valence-electron chi connectivity index (χ4n) is 3.28. The van der Waals surface area contributed by atoms with Crippen LogP contribution in [0.1, 0.15) is 16.1 Å². The highest BCUT2D eigenvalue weighted by Gasteiger charge is 2.34. The van der Waals surface area contributed by atoms with E-state index in [4.69, 9.17) is 4.42 Å². The first-order chi connectivity index (χ1) is 11.7. The van der Waals surface area contributed by atoms with Gasteiger partial charge < -0.3 is 14.4 Å². The first-order valence-electron chi connectivity index (χ1n) is 8.05. The minimum Gasteiger partial charge on any atom is -0.472 e. The van der Waals surface area contributed by atoms with Crippen LogP contribution in [0.15, 0.2) is 59.4 Å². The highest BCUT2D eigenvalue weighted by atomic mass is 16.3. The molecule has 3 heterocycles. The number of nitrogens with zero attached hydrogens (tertiary/aromatic N) is 2. The van der Waals surface area contributed by atoms with E-state index in [0.717, 1.165) is 16.6 Å². The number of fused-ring (bicyclic) bond motifs is 1. The molecule has 0 unspecified atom stereocenters. The van der Waals surface area contributed by atoms with Crippen LogP contribution < -0.4 is 0 Å². The number of para-hydroxylation sites is 1. The zero-order valence-corrected chi connectivity index (χ0v) is 13.1. The smallest absolute Gasteiger partial charge is 0.257 e. The fraction of sp³-hybridized carbons (Fsp3) is 0.263. The molecule has 1 aliphatic heterocycles. The van der Waals surface area contributed by atoms with Gasteiger partial charge >= 0.3 is 0 Å². The second-order valence-electron chi connectivity index (χ2n) is 6.25. The lowest BCUT2D eigenvalue weighted by molar-refractivity contribution is 0.0764. The van der Waals surface area contributed by atoms with Gasteiger partial charge in [-0.15, -0.1) is 0 Å². The van der Waals surface area contributed by atoms with Crippen LogP contribution in [-0.2, 0) is 6.42 Å². The Kier molecular flexibility index (Phi) is 3.78. The van der Waals surface area contributed by atoms with Gasteiger partial charge in [0.2, 0.25) is 0 Å². The van der Waals surface area contributed by atoms with Gasteiger partial charge in [0.25, 0.3) is 5.91 Å². The molecule has 0 saturated carbocycles. The zero-order valence-electron chi connectivity index (χ0n) is 13.1. The van der Waals surface area contributed by atoms with Crippen molar-refractivity contribution < 1.29 is 14.3 Å². The fourth-order valence-corrected chi connectivity index (χ4v) is 3.28. The lowest BCUT2D eigenvalue weighted by Crippen LogP contribution is -2.29. The van der Waals surface area contributed by atoms with Crippen LogP contribution in [0.4, 0.5) is 0 Å². The molecule has 0 bridgehead atoms. The largest absolute Gasteiger partial charge is 0.472 e. The van der Waals surface area contributed by atoms with E-state index in [-0.39, 0.29) is 11.8 Å². The number of furan rings is 1. The maximum Gasteiger partial charge on any atom is 0.257 e. The Morgan fingerprint density at radius 2 is 2.08 bits per heavy atom. The summed E-state index contributed by atoms with van der Waals surface area (Å²) in [5, 5.41) is 11.4. The summed E-state index contributed by atoms with van der Waals surface area (Å²) in [5.74, 6) is -0.105. The number of aliphatic hydroxyl groups excluding tert-OH is 1. The number of pyridine rings is 1. The number of likely N-dealkylation sites (tertiary alicyclic amines) is 1. The molecule has 4 rings (SSSR count). The third-order valence-electron chi connectivity index (χ3n) is 4.59. The SMILES string of the molecule is O=C(c1ccoc1)N1C[C@@H](Cc2ccc3ccccc3n2)[C@H](O)C1. The Bertz CT molecular complexity index is 860. The molecule has 1 fully saturated rings. The second kappa shape index (κ2) is 6.09. The Hall–Kier alpha value is -2.66. The predicted octanol–water partition coefficient (Wildman–Crippen LogP) is 2.50. The molecule has 1 saturated heterocycles. The topological polar surface area (TPSA) is 66.6 Å². The lowest BCUT2D eigenvalue weighted by atomic mass is 9.99. The summed E-state index contributed by atoms with van der Waals surface area (Å²) >= 11 is 0. The molecular weight excluding hydrogens is 304 g/mol. The number of β-amino-alcohol motifs (C(OH)–C–C–N with tert-alkyl or cyclic N) is 1. The van der Waals surface area contributed by atoms with Gasteiger partial charge in [-0.2, -0.15) is 0 Å². The predicted molar refractivity (Wildman–Crippen MR) is 89.6 cm³/mol. The van der Waals surface area contributed by atoms with E-state index < -0.39 is 6.10 Å². The molecule has 1 aromatic carbocycles. The Morgan fingerprint density at radius 3 is 2.92 bits per heavy atom. The second-order valence-corrected chi connectivity index (χ2v) is 6.25. The van der Waals surface area contributed by atoms with Crippen LogP contribution >= 0.6 is 0 Å². The van der Waals surface area contributed by atoms with Crippen molar-refractivity contribution in [3.8, 4) is 0 Å². The van der Waals surface area contributed by atoms with Gasteiger partial charge in [0.1, 0.15) is 6.26 Å². The molecule has 1 amide bonds. The van der Waals surface area contributed by atoms with E-state index >= 15 is 0 Å².